The van der Waals surface area contributed by atoms with Crippen LogP contribution in [0.3, 0.4) is 0 Å². The number of halogens is 1. The van der Waals surface area contributed by atoms with Crippen molar-refractivity contribution in [2.45, 2.75) is 25.6 Å². The highest BCUT2D eigenvalue weighted by molar-refractivity contribution is 5.99. The topological polar surface area (TPSA) is 79.0 Å². The van der Waals surface area contributed by atoms with E-state index in [4.69, 9.17) is 4.74 Å². The molecule has 2 aromatic rings. The van der Waals surface area contributed by atoms with Crippen LogP contribution in [-0.4, -0.2) is 65.8 Å². The molecule has 2 aromatic carbocycles. The fourth-order valence-electron chi connectivity index (χ4n) is 3.88. The molecular formula is C23H24FN3O4. The lowest BCUT2D eigenvalue weighted by Crippen LogP contribution is -2.70. The molecule has 2 fully saturated rings. The van der Waals surface area contributed by atoms with E-state index in [0.29, 0.717) is 12.2 Å². The number of hydrogen-bond acceptors (Lipinski definition) is 4. The van der Waals surface area contributed by atoms with Gasteiger partial charge in [-0.2, -0.15) is 0 Å². The van der Waals surface area contributed by atoms with E-state index in [0.717, 1.165) is 5.56 Å². The van der Waals surface area contributed by atoms with Crippen LogP contribution >= 0.6 is 0 Å². The van der Waals surface area contributed by atoms with Gasteiger partial charge in [-0.1, -0.05) is 36.4 Å². The van der Waals surface area contributed by atoms with Crippen molar-refractivity contribution in [3.8, 4) is 0 Å². The van der Waals surface area contributed by atoms with E-state index >= 15 is 0 Å². The number of nitrogens with one attached hydrogen (secondary N) is 1. The van der Waals surface area contributed by atoms with Gasteiger partial charge in [0.2, 0.25) is 11.8 Å². The van der Waals surface area contributed by atoms with E-state index < -0.39 is 17.9 Å². The number of fused-ring (bicyclic) bond motifs is 1. The number of carbonyl (C=O) groups is 3. The highest BCUT2D eigenvalue weighted by Gasteiger charge is 2.44. The number of amides is 3. The van der Waals surface area contributed by atoms with E-state index in [1.807, 2.05) is 30.3 Å². The van der Waals surface area contributed by atoms with Crippen molar-refractivity contribution in [3.05, 3.63) is 71.0 Å². The Hall–Kier alpha value is -3.26. The van der Waals surface area contributed by atoms with Gasteiger partial charge in [0.15, 0.2) is 0 Å². The summed E-state index contributed by atoms with van der Waals surface area (Å²) in [5, 5.41) is 2.71. The molecule has 2 heterocycles. The van der Waals surface area contributed by atoms with E-state index in [1.165, 1.54) is 15.9 Å². The van der Waals surface area contributed by atoms with Gasteiger partial charge >= 0.3 is 0 Å². The first-order valence-corrected chi connectivity index (χ1v) is 10.2. The van der Waals surface area contributed by atoms with Gasteiger partial charge in [0, 0.05) is 18.7 Å². The van der Waals surface area contributed by atoms with Gasteiger partial charge in [-0.05, 0) is 30.2 Å². The summed E-state index contributed by atoms with van der Waals surface area (Å²) in [5.74, 6) is -1.34. The van der Waals surface area contributed by atoms with Crippen LogP contribution in [-0.2, 0) is 20.9 Å². The Balaban J connectivity index is 1.37. The Labute approximate surface area is 179 Å². The molecule has 2 atom stereocenters. The van der Waals surface area contributed by atoms with E-state index in [2.05, 4.69) is 5.32 Å². The summed E-state index contributed by atoms with van der Waals surface area (Å²) in [6.45, 7) is 2.64. The molecule has 162 valence electrons. The van der Waals surface area contributed by atoms with E-state index in [1.54, 1.807) is 19.1 Å². The molecule has 2 aliphatic heterocycles. The molecule has 1 N–H and O–H groups in total. The lowest BCUT2D eigenvalue weighted by atomic mass is 10.0. The minimum atomic E-state index is -0.758. The van der Waals surface area contributed by atoms with Crippen LogP contribution in [0.5, 0.6) is 0 Å². The number of piperazine rings is 2. The fourth-order valence-corrected chi connectivity index (χ4v) is 3.88. The summed E-state index contributed by atoms with van der Waals surface area (Å²) in [4.78, 5) is 41.3. The van der Waals surface area contributed by atoms with Crippen molar-refractivity contribution in [1.82, 2.24) is 15.1 Å². The van der Waals surface area contributed by atoms with Gasteiger partial charge < -0.3 is 19.9 Å². The summed E-state index contributed by atoms with van der Waals surface area (Å²) in [6, 6.07) is 12.4. The summed E-state index contributed by atoms with van der Waals surface area (Å²) in [7, 11) is 0. The second kappa shape index (κ2) is 8.85. The number of nitrogens with zero attached hydrogens (tertiary/aromatic N) is 2. The molecule has 0 aromatic heterocycles. The molecule has 0 aliphatic carbocycles. The highest BCUT2D eigenvalue weighted by Crippen LogP contribution is 2.19. The number of benzene rings is 2. The van der Waals surface area contributed by atoms with Crippen molar-refractivity contribution in [1.29, 1.82) is 0 Å². The first-order chi connectivity index (χ1) is 14.9. The lowest BCUT2D eigenvalue weighted by molar-refractivity contribution is -0.154. The molecule has 3 amide bonds. The maximum atomic E-state index is 13.8. The first-order valence-electron chi connectivity index (χ1n) is 10.2. The molecular weight excluding hydrogens is 401 g/mol. The zero-order chi connectivity index (χ0) is 22.0. The average molecular weight is 425 g/mol. The SMILES string of the molecule is Cc1ccc(C(=O)N2CCN3C(=O)[C@H](COCc4ccccc4)NC(=O)[C@H]3C2)cc1F. The third-order valence-corrected chi connectivity index (χ3v) is 5.68. The number of rotatable bonds is 5. The van der Waals surface area contributed by atoms with Gasteiger partial charge in [0.05, 0.1) is 19.8 Å². The first kappa shape index (κ1) is 21.0. The van der Waals surface area contributed by atoms with Crippen LogP contribution in [0.4, 0.5) is 4.39 Å². The number of carbonyl (C=O) groups excluding carboxylic acids is 3. The molecule has 4 rings (SSSR count). The second-order valence-corrected chi connectivity index (χ2v) is 7.82. The minimum absolute atomic E-state index is 0.0729. The summed E-state index contributed by atoms with van der Waals surface area (Å²) in [5.41, 5.74) is 1.67. The van der Waals surface area contributed by atoms with Crippen molar-refractivity contribution in [2.75, 3.05) is 26.2 Å². The van der Waals surface area contributed by atoms with Gasteiger partial charge in [-0.15, -0.1) is 0 Å². The molecule has 2 saturated heterocycles. The molecule has 31 heavy (non-hydrogen) atoms. The molecule has 7 nitrogen and oxygen atoms in total. The second-order valence-electron chi connectivity index (χ2n) is 7.82. The van der Waals surface area contributed by atoms with Crippen LogP contribution in [0.15, 0.2) is 48.5 Å². The quantitative estimate of drug-likeness (QED) is 0.788. The maximum Gasteiger partial charge on any atom is 0.254 e. The normalized spacial score (nSPS) is 21.0. The highest BCUT2D eigenvalue weighted by atomic mass is 19.1. The Morgan fingerprint density at radius 2 is 1.94 bits per heavy atom. The lowest BCUT2D eigenvalue weighted by Gasteiger charge is -2.45. The monoisotopic (exact) mass is 425 g/mol. The summed E-state index contributed by atoms with van der Waals surface area (Å²) < 4.78 is 19.5. The Morgan fingerprint density at radius 1 is 1.16 bits per heavy atom. The van der Waals surface area contributed by atoms with Gasteiger partial charge in [-0.25, -0.2) is 4.39 Å². The van der Waals surface area contributed by atoms with Gasteiger partial charge in [0.1, 0.15) is 17.9 Å². The maximum absolute atomic E-state index is 13.8. The molecule has 0 spiro atoms. The number of hydrogen-bond donors (Lipinski definition) is 1. The molecule has 2 aliphatic rings. The van der Waals surface area contributed by atoms with Crippen molar-refractivity contribution in [3.63, 3.8) is 0 Å². The largest absolute Gasteiger partial charge is 0.374 e. The van der Waals surface area contributed by atoms with Crippen LogP contribution in [0.25, 0.3) is 0 Å². The van der Waals surface area contributed by atoms with E-state index in [9.17, 15) is 18.8 Å². The third-order valence-electron chi connectivity index (χ3n) is 5.68. The van der Waals surface area contributed by atoms with Crippen LogP contribution in [0.2, 0.25) is 0 Å². The number of aryl methyl sites for hydroxylation is 1. The predicted molar refractivity (Wildman–Crippen MR) is 111 cm³/mol. The molecule has 0 saturated carbocycles. The third kappa shape index (κ3) is 4.44. The van der Waals surface area contributed by atoms with Crippen molar-refractivity contribution >= 4 is 17.7 Å². The van der Waals surface area contributed by atoms with Crippen molar-refractivity contribution < 1.29 is 23.5 Å². The zero-order valence-electron chi connectivity index (χ0n) is 17.2. The van der Waals surface area contributed by atoms with Crippen LogP contribution in [0, 0.1) is 12.7 Å². The Morgan fingerprint density at radius 3 is 2.68 bits per heavy atom. The standard InChI is InChI=1S/C23H24FN3O4/c1-15-7-8-17(11-18(15)24)22(29)26-9-10-27-20(12-26)21(28)25-19(23(27)30)14-31-13-16-5-3-2-4-6-16/h2-8,11,19-20H,9-10,12-14H2,1H3,(H,25,28)/t19-,20+/m0/s1. The van der Waals surface area contributed by atoms with E-state index in [-0.39, 0.29) is 49.5 Å². The van der Waals surface area contributed by atoms with Crippen LogP contribution in [0.1, 0.15) is 21.5 Å². The Bertz CT molecular complexity index is 998. The molecule has 0 unspecified atom stereocenters. The zero-order valence-corrected chi connectivity index (χ0v) is 17.2. The van der Waals surface area contributed by atoms with Gasteiger partial charge in [-0.3, -0.25) is 14.4 Å². The molecule has 8 heteroatoms. The van der Waals surface area contributed by atoms with Crippen LogP contribution < -0.4 is 5.32 Å². The summed E-state index contributed by atoms with van der Waals surface area (Å²) in [6.07, 6.45) is 0. The fraction of sp³-hybridized carbons (Fsp3) is 0.348. The summed E-state index contributed by atoms with van der Waals surface area (Å²) >= 11 is 0. The minimum Gasteiger partial charge on any atom is -0.374 e. The molecule has 0 radical (unpaired) electrons. The average Bonchev–Trinajstić information content (AvgIpc) is 2.79. The Kier molecular flexibility index (Phi) is 5.99. The predicted octanol–water partition coefficient (Wildman–Crippen LogP) is 1.50. The molecule has 0 bridgehead atoms. The van der Waals surface area contributed by atoms with Gasteiger partial charge in [0.25, 0.3) is 5.91 Å². The number of ether oxygens (including phenoxy) is 1. The smallest absolute Gasteiger partial charge is 0.254 e. The van der Waals surface area contributed by atoms with Crippen molar-refractivity contribution in [2.24, 2.45) is 0 Å².